The molecule has 90 valence electrons. The first kappa shape index (κ1) is 11.7. The van der Waals surface area contributed by atoms with E-state index < -0.39 is 11.7 Å². The fraction of sp³-hybridized carbons (Fsp3) is 0.250. The van der Waals surface area contributed by atoms with Gasteiger partial charge in [-0.1, -0.05) is 0 Å². The molecule has 1 aromatic heterocycles. The van der Waals surface area contributed by atoms with Crippen LogP contribution in [0.5, 0.6) is 0 Å². The third kappa shape index (κ3) is 2.33. The molecule has 0 amide bonds. The van der Waals surface area contributed by atoms with Gasteiger partial charge in [-0.2, -0.15) is 13.2 Å². The van der Waals surface area contributed by atoms with E-state index in [1.807, 2.05) is 0 Å². The number of aryl methyl sites for hydroxylation is 2. The molecule has 0 atom stereocenters. The summed E-state index contributed by atoms with van der Waals surface area (Å²) in [7, 11) is 0. The zero-order valence-electron chi connectivity index (χ0n) is 9.42. The SMILES string of the molecule is Cc1cc(-n2cncc2C)cc(C(F)(F)F)c1. The van der Waals surface area contributed by atoms with Crippen LogP contribution in [0.2, 0.25) is 0 Å². The number of alkyl halides is 3. The number of nitrogens with zero attached hydrogens (tertiary/aromatic N) is 2. The molecule has 0 fully saturated rings. The van der Waals surface area contributed by atoms with Crippen LogP contribution in [0.4, 0.5) is 13.2 Å². The number of hydrogen-bond donors (Lipinski definition) is 0. The van der Waals surface area contributed by atoms with E-state index in [0.29, 0.717) is 11.3 Å². The van der Waals surface area contributed by atoms with Crippen LogP contribution >= 0.6 is 0 Å². The van der Waals surface area contributed by atoms with Gasteiger partial charge in [-0.25, -0.2) is 4.98 Å². The second kappa shape index (κ2) is 3.91. The standard InChI is InChI=1S/C12H11F3N2/c1-8-3-10(12(13,14)15)5-11(4-8)17-7-16-6-9(17)2/h3-7H,1-2H3. The quantitative estimate of drug-likeness (QED) is 0.745. The minimum atomic E-state index is -4.32. The van der Waals surface area contributed by atoms with Gasteiger partial charge in [0.25, 0.3) is 0 Å². The van der Waals surface area contributed by atoms with Crippen LogP contribution in [0.1, 0.15) is 16.8 Å². The van der Waals surface area contributed by atoms with Crippen molar-refractivity contribution in [2.45, 2.75) is 20.0 Å². The van der Waals surface area contributed by atoms with Gasteiger partial charge >= 0.3 is 6.18 Å². The first-order valence-electron chi connectivity index (χ1n) is 5.06. The summed E-state index contributed by atoms with van der Waals surface area (Å²) in [4.78, 5) is 3.90. The largest absolute Gasteiger partial charge is 0.416 e. The molecule has 0 unspecified atom stereocenters. The molecule has 2 aromatic rings. The molecule has 0 saturated carbocycles. The van der Waals surface area contributed by atoms with Gasteiger partial charge in [-0.05, 0) is 37.6 Å². The van der Waals surface area contributed by atoms with Gasteiger partial charge in [0, 0.05) is 17.6 Å². The minimum Gasteiger partial charge on any atom is -0.304 e. The highest BCUT2D eigenvalue weighted by atomic mass is 19.4. The van der Waals surface area contributed by atoms with Gasteiger partial charge in [0.15, 0.2) is 0 Å². The van der Waals surface area contributed by atoms with Crippen LogP contribution in [0, 0.1) is 13.8 Å². The molecule has 1 aromatic carbocycles. The van der Waals surface area contributed by atoms with E-state index in [2.05, 4.69) is 4.98 Å². The summed E-state index contributed by atoms with van der Waals surface area (Å²) in [5.74, 6) is 0. The number of benzene rings is 1. The molecule has 0 aliphatic carbocycles. The fourth-order valence-electron chi connectivity index (χ4n) is 1.70. The highest BCUT2D eigenvalue weighted by Gasteiger charge is 2.31. The van der Waals surface area contributed by atoms with Crippen LogP contribution in [-0.4, -0.2) is 9.55 Å². The molecule has 1 heterocycles. The molecular formula is C12H11F3N2. The second-order valence-corrected chi connectivity index (χ2v) is 3.96. The van der Waals surface area contributed by atoms with Crippen molar-refractivity contribution in [2.75, 3.05) is 0 Å². The van der Waals surface area contributed by atoms with Gasteiger partial charge < -0.3 is 4.57 Å². The Morgan fingerprint density at radius 3 is 2.35 bits per heavy atom. The zero-order chi connectivity index (χ0) is 12.6. The van der Waals surface area contributed by atoms with Crippen molar-refractivity contribution in [1.29, 1.82) is 0 Å². The normalized spacial score (nSPS) is 11.8. The lowest BCUT2D eigenvalue weighted by Gasteiger charge is -2.12. The van der Waals surface area contributed by atoms with Gasteiger partial charge in [0.1, 0.15) is 0 Å². The van der Waals surface area contributed by atoms with Crippen LogP contribution in [0.25, 0.3) is 5.69 Å². The molecule has 0 aliphatic rings. The van der Waals surface area contributed by atoms with E-state index in [1.165, 1.54) is 6.33 Å². The topological polar surface area (TPSA) is 17.8 Å². The molecule has 0 spiro atoms. The molecule has 0 aliphatic heterocycles. The van der Waals surface area contributed by atoms with Crippen LogP contribution < -0.4 is 0 Å². The average Bonchev–Trinajstić information content (AvgIpc) is 2.62. The van der Waals surface area contributed by atoms with Crippen molar-refractivity contribution in [3.8, 4) is 5.69 Å². The van der Waals surface area contributed by atoms with Gasteiger partial charge in [0.05, 0.1) is 11.9 Å². The lowest BCUT2D eigenvalue weighted by Crippen LogP contribution is -2.07. The van der Waals surface area contributed by atoms with Gasteiger partial charge in [-0.3, -0.25) is 0 Å². The Kier molecular flexibility index (Phi) is 2.69. The van der Waals surface area contributed by atoms with E-state index in [1.54, 1.807) is 30.7 Å². The van der Waals surface area contributed by atoms with Crippen LogP contribution in [0.3, 0.4) is 0 Å². The van der Waals surface area contributed by atoms with Gasteiger partial charge in [0.2, 0.25) is 0 Å². The first-order chi connectivity index (χ1) is 7.88. The van der Waals surface area contributed by atoms with E-state index >= 15 is 0 Å². The maximum absolute atomic E-state index is 12.7. The Hall–Kier alpha value is -1.78. The molecule has 0 saturated heterocycles. The Labute approximate surface area is 96.7 Å². The van der Waals surface area contributed by atoms with E-state index in [-0.39, 0.29) is 0 Å². The number of aromatic nitrogens is 2. The number of rotatable bonds is 1. The predicted molar refractivity (Wildman–Crippen MR) is 58.0 cm³/mol. The fourth-order valence-corrected chi connectivity index (χ4v) is 1.70. The van der Waals surface area contributed by atoms with Gasteiger partial charge in [-0.15, -0.1) is 0 Å². The molecule has 17 heavy (non-hydrogen) atoms. The lowest BCUT2D eigenvalue weighted by atomic mass is 10.1. The van der Waals surface area contributed by atoms with Crippen molar-refractivity contribution >= 4 is 0 Å². The zero-order valence-corrected chi connectivity index (χ0v) is 9.42. The maximum atomic E-state index is 12.7. The second-order valence-electron chi connectivity index (χ2n) is 3.96. The summed E-state index contributed by atoms with van der Waals surface area (Å²) in [5, 5.41) is 0. The summed E-state index contributed by atoms with van der Waals surface area (Å²) in [6, 6.07) is 3.96. The van der Waals surface area contributed by atoms with Crippen LogP contribution in [-0.2, 0) is 6.18 Å². The van der Waals surface area contributed by atoms with Crippen molar-refractivity contribution in [3.63, 3.8) is 0 Å². The van der Waals surface area contributed by atoms with E-state index in [4.69, 9.17) is 0 Å². The summed E-state index contributed by atoms with van der Waals surface area (Å²) in [5.41, 5.74) is 1.21. The van der Waals surface area contributed by atoms with E-state index in [0.717, 1.165) is 17.8 Å². The summed E-state index contributed by atoms with van der Waals surface area (Å²) in [6.07, 6.45) is -1.21. The Balaban J connectivity index is 2.57. The van der Waals surface area contributed by atoms with E-state index in [9.17, 15) is 13.2 Å². The summed E-state index contributed by atoms with van der Waals surface area (Å²) >= 11 is 0. The molecule has 2 rings (SSSR count). The first-order valence-corrected chi connectivity index (χ1v) is 5.06. The van der Waals surface area contributed by atoms with Crippen molar-refractivity contribution < 1.29 is 13.2 Å². The molecule has 2 nitrogen and oxygen atoms in total. The highest BCUT2D eigenvalue weighted by molar-refractivity contribution is 5.41. The minimum absolute atomic E-state index is 0.479. The molecule has 0 bridgehead atoms. The number of hydrogen-bond acceptors (Lipinski definition) is 1. The van der Waals surface area contributed by atoms with Crippen molar-refractivity contribution in [2.24, 2.45) is 0 Å². The molecule has 0 radical (unpaired) electrons. The third-order valence-corrected chi connectivity index (χ3v) is 2.49. The lowest BCUT2D eigenvalue weighted by molar-refractivity contribution is -0.137. The smallest absolute Gasteiger partial charge is 0.304 e. The number of imidazole rings is 1. The van der Waals surface area contributed by atoms with Crippen molar-refractivity contribution in [3.05, 3.63) is 47.5 Å². The molecule has 0 N–H and O–H groups in total. The monoisotopic (exact) mass is 240 g/mol. The Morgan fingerprint density at radius 1 is 1.12 bits per heavy atom. The van der Waals surface area contributed by atoms with Crippen LogP contribution in [0.15, 0.2) is 30.7 Å². The number of halogens is 3. The summed E-state index contributed by atoms with van der Waals surface area (Å²) < 4.78 is 39.6. The van der Waals surface area contributed by atoms with Crippen molar-refractivity contribution in [1.82, 2.24) is 9.55 Å². The summed E-state index contributed by atoms with van der Waals surface area (Å²) in [6.45, 7) is 3.44. The maximum Gasteiger partial charge on any atom is 0.416 e. The average molecular weight is 240 g/mol. The highest BCUT2D eigenvalue weighted by Crippen LogP contribution is 2.31. The Morgan fingerprint density at radius 2 is 1.82 bits per heavy atom. The third-order valence-electron chi connectivity index (χ3n) is 2.49. The molecule has 5 heteroatoms. The predicted octanol–water partition coefficient (Wildman–Crippen LogP) is 3.51. The Bertz CT molecular complexity index is 541. The molecular weight excluding hydrogens is 229 g/mol.